The van der Waals surface area contributed by atoms with Crippen molar-refractivity contribution in [3.05, 3.63) is 52.3 Å². The second-order valence-corrected chi connectivity index (χ2v) is 6.99. The van der Waals surface area contributed by atoms with Gasteiger partial charge in [-0.05, 0) is 31.0 Å². The van der Waals surface area contributed by atoms with E-state index in [4.69, 9.17) is 16.3 Å². The number of halogens is 1. The molecular weight excluding hydrogens is 372 g/mol. The van der Waals surface area contributed by atoms with Crippen molar-refractivity contribution < 1.29 is 9.53 Å². The Kier molecular flexibility index (Phi) is 6.11. The molecule has 0 radical (unpaired) electrons. The highest BCUT2D eigenvalue weighted by Gasteiger charge is 2.18. The molecule has 6 nitrogen and oxygen atoms in total. The van der Waals surface area contributed by atoms with Crippen molar-refractivity contribution in [2.45, 2.75) is 37.6 Å². The smallest absolute Gasteiger partial charge is 0.341 e. The zero-order valence-electron chi connectivity index (χ0n) is 14.6. The molecule has 0 aliphatic rings. The van der Waals surface area contributed by atoms with Gasteiger partial charge < -0.3 is 4.74 Å². The standard InChI is InChI=1S/C18H19ClN4O2S/c1-3-6-15-14(16(24)25-4-2)10-20-17-21-18(22-23(15)17)26-11-12-7-5-8-13(19)9-12/h5,7-10H,3-4,6,11H2,1-2H3. The summed E-state index contributed by atoms with van der Waals surface area (Å²) in [6, 6.07) is 7.69. The van der Waals surface area contributed by atoms with Crippen molar-refractivity contribution in [2.75, 3.05) is 6.61 Å². The van der Waals surface area contributed by atoms with E-state index in [1.807, 2.05) is 31.2 Å². The molecular formula is C18H19ClN4O2S. The summed E-state index contributed by atoms with van der Waals surface area (Å²) in [4.78, 5) is 20.9. The lowest BCUT2D eigenvalue weighted by atomic mass is 10.1. The van der Waals surface area contributed by atoms with Crippen LogP contribution >= 0.6 is 23.4 Å². The quantitative estimate of drug-likeness (QED) is 0.445. The van der Waals surface area contributed by atoms with E-state index in [1.54, 1.807) is 11.4 Å². The van der Waals surface area contributed by atoms with Crippen LogP contribution in [0.15, 0.2) is 35.6 Å². The minimum absolute atomic E-state index is 0.320. The summed E-state index contributed by atoms with van der Waals surface area (Å²) < 4.78 is 6.78. The Morgan fingerprint density at radius 3 is 2.92 bits per heavy atom. The van der Waals surface area contributed by atoms with Gasteiger partial charge in [0.1, 0.15) is 0 Å². The first-order valence-electron chi connectivity index (χ1n) is 8.41. The Hall–Kier alpha value is -2.12. The summed E-state index contributed by atoms with van der Waals surface area (Å²) in [7, 11) is 0. The minimum atomic E-state index is -0.381. The maximum Gasteiger partial charge on any atom is 0.341 e. The Morgan fingerprint density at radius 2 is 2.19 bits per heavy atom. The predicted molar refractivity (Wildman–Crippen MR) is 102 cm³/mol. The number of aromatic nitrogens is 4. The van der Waals surface area contributed by atoms with Gasteiger partial charge in [-0.1, -0.05) is 48.8 Å². The number of aryl methyl sites for hydroxylation is 1. The van der Waals surface area contributed by atoms with Gasteiger partial charge in [-0.2, -0.15) is 9.50 Å². The molecule has 2 aromatic heterocycles. The predicted octanol–water partition coefficient (Wildman–Crippen LogP) is 4.20. The average Bonchev–Trinajstić information content (AvgIpc) is 3.04. The molecule has 0 saturated carbocycles. The minimum Gasteiger partial charge on any atom is -0.462 e. The van der Waals surface area contributed by atoms with Crippen molar-refractivity contribution in [2.24, 2.45) is 0 Å². The van der Waals surface area contributed by atoms with E-state index < -0.39 is 0 Å². The number of carbonyl (C=O) groups is 1. The lowest BCUT2D eigenvalue weighted by Gasteiger charge is -2.08. The van der Waals surface area contributed by atoms with Crippen molar-refractivity contribution in [3.63, 3.8) is 0 Å². The molecule has 0 aliphatic heterocycles. The van der Waals surface area contributed by atoms with Crippen LogP contribution in [-0.4, -0.2) is 32.2 Å². The van der Waals surface area contributed by atoms with Gasteiger partial charge in [0.25, 0.3) is 5.78 Å². The normalized spacial score (nSPS) is 11.0. The fourth-order valence-corrected chi connectivity index (χ4v) is 3.53. The number of fused-ring (bicyclic) bond motifs is 1. The molecule has 3 aromatic rings. The summed E-state index contributed by atoms with van der Waals surface area (Å²) in [6.45, 7) is 4.15. The number of thioether (sulfide) groups is 1. The molecule has 26 heavy (non-hydrogen) atoms. The van der Waals surface area contributed by atoms with Crippen LogP contribution < -0.4 is 0 Å². The van der Waals surface area contributed by atoms with Crippen LogP contribution in [0.3, 0.4) is 0 Å². The molecule has 0 atom stereocenters. The zero-order valence-corrected chi connectivity index (χ0v) is 16.2. The lowest BCUT2D eigenvalue weighted by Crippen LogP contribution is -2.13. The third-order valence-corrected chi connectivity index (χ3v) is 4.83. The van der Waals surface area contributed by atoms with Gasteiger partial charge in [0, 0.05) is 17.0 Å². The van der Waals surface area contributed by atoms with E-state index in [2.05, 4.69) is 15.1 Å². The number of nitrogens with zero attached hydrogens (tertiary/aromatic N) is 4. The van der Waals surface area contributed by atoms with E-state index >= 15 is 0 Å². The number of esters is 1. The van der Waals surface area contributed by atoms with Crippen LogP contribution in [0.5, 0.6) is 0 Å². The van der Waals surface area contributed by atoms with Gasteiger partial charge in [-0.3, -0.25) is 0 Å². The molecule has 8 heteroatoms. The first-order valence-corrected chi connectivity index (χ1v) is 9.77. The Labute approximate surface area is 160 Å². The van der Waals surface area contributed by atoms with Crippen LogP contribution in [0, 0.1) is 0 Å². The number of ether oxygens (including phenoxy) is 1. The average molecular weight is 391 g/mol. The second kappa shape index (κ2) is 8.51. The maximum absolute atomic E-state index is 12.2. The third-order valence-electron chi connectivity index (χ3n) is 3.69. The molecule has 0 spiro atoms. The summed E-state index contributed by atoms with van der Waals surface area (Å²) in [5, 5.41) is 5.85. The number of benzene rings is 1. The summed E-state index contributed by atoms with van der Waals surface area (Å²) in [5.74, 6) is 0.801. The molecule has 0 unspecified atom stereocenters. The molecule has 136 valence electrons. The van der Waals surface area contributed by atoms with Crippen molar-refractivity contribution in [1.82, 2.24) is 19.6 Å². The first kappa shape index (κ1) is 18.7. The van der Waals surface area contributed by atoms with Crippen molar-refractivity contribution in [1.29, 1.82) is 0 Å². The van der Waals surface area contributed by atoms with Crippen LogP contribution in [0.2, 0.25) is 5.02 Å². The highest BCUT2D eigenvalue weighted by molar-refractivity contribution is 7.98. The van der Waals surface area contributed by atoms with Gasteiger partial charge >= 0.3 is 5.97 Å². The largest absolute Gasteiger partial charge is 0.462 e. The highest BCUT2D eigenvalue weighted by atomic mass is 35.5. The Balaban J connectivity index is 1.89. The molecule has 0 N–H and O–H groups in total. The van der Waals surface area contributed by atoms with Crippen LogP contribution in [0.1, 0.15) is 41.9 Å². The highest BCUT2D eigenvalue weighted by Crippen LogP contribution is 2.23. The monoisotopic (exact) mass is 390 g/mol. The molecule has 3 rings (SSSR count). The Morgan fingerprint density at radius 1 is 1.35 bits per heavy atom. The van der Waals surface area contributed by atoms with E-state index in [1.165, 1.54) is 18.0 Å². The Bertz CT molecular complexity index is 929. The molecule has 0 fully saturated rings. The summed E-state index contributed by atoms with van der Waals surface area (Å²) >= 11 is 7.52. The van der Waals surface area contributed by atoms with Gasteiger partial charge in [-0.15, -0.1) is 5.10 Å². The fourth-order valence-electron chi connectivity index (χ4n) is 2.55. The van der Waals surface area contributed by atoms with Gasteiger partial charge in [0.05, 0.1) is 17.9 Å². The lowest BCUT2D eigenvalue weighted by molar-refractivity contribution is 0.0523. The topological polar surface area (TPSA) is 69.4 Å². The van der Waals surface area contributed by atoms with Gasteiger partial charge in [-0.25, -0.2) is 9.78 Å². The zero-order chi connectivity index (χ0) is 18.5. The SMILES string of the molecule is CCCc1c(C(=O)OCC)cnc2nc(SCc3cccc(Cl)c3)nn12. The summed E-state index contributed by atoms with van der Waals surface area (Å²) in [5.41, 5.74) is 2.31. The second-order valence-electron chi connectivity index (χ2n) is 5.61. The van der Waals surface area contributed by atoms with E-state index in [-0.39, 0.29) is 5.97 Å². The number of hydrogen-bond donors (Lipinski definition) is 0. The number of hydrogen-bond acceptors (Lipinski definition) is 6. The third kappa shape index (κ3) is 4.16. The van der Waals surface area contributed by atoms with Gasteiger partial charge in [0.15, 0.2) is 0 Å². The maximum atomic E-state index is 12.2. The van der Waals surface area contributed by atoms with Crippen LogP contribution in [-0.2, 0) is 16.9 Å². The molecule has 2 heterocycles. The van der Waals surface area contributed by atoms with E-state index in [0.717, 1.165) is 17.7 Å². The van der Waals surface area contributed by atoms with Crippen LogP contribution in [0.4, 0.5) is 0 Å². The van der Waals surface area contributed by atoms with E-state index in [0.29, 0.717) is 40.3 Å². The fraction of sp³-hybridized carbons (Fsp3) is 0.333. The number of carbonyl (C=O) groups excluding carboxylic acids is 1. The molecule has 0 amide bonds. The summed E-state index contributed by atoms with van der Waals surface area (Å²) in [6.07, 6.45) is 3.09. The molecule has 0 saturated heterocycles. The first-order chi connectivity index (χ1) is 12.6. The molecule has 0 bridgehead atoms. The molecule has 1 aromatic carbocycles. The van der Waals surface area contributed by atoms with Gasteiger partial charge in [0.2, 0.25) is 5.16 Å². The van der Waals surface area contributed by atoms with Crippen molar-refractivity contribution >= 4 is 35.1 Å². The van der Waals surface area contributed by atoms with Crippen LogP contribution in [0.25, 0.3) is 5.78 Å². The number of rotatable bonds is 7. The van der Waals surface area contributed by atoms with E-state index in [9.17, 15) is 4.79 Å². The molecule has 0 aliphatic carbocycles. The van der Waals surface area contributed by atoms with Crippen molar-refractivity contribution in [3.8, 4) is 0 Å².